The molecule has 7 heteroatoms. The summed E-state index contributed by atoms with van der Waals surface area (Å²) in [5.74, 6) is -0.438. The maximum Gasteiger partial charge on any atom is 0.334 e. The number of aliphatic carboxylic acids is 1. The molecule has 0 radical (unpaired) electrons. The number of methoxy groups -OCH3 is 2. The van der Waals surface area contributed by atoms with E-state index in [4.69, 9.17) is 14.6 Å². The number of carboxylic acid groups (broad SMARTS) is 1. The van der Waals surface area contributed by atoms with E-state index in [9.17, 15) is 9.59 Å². The van der Waals surface area contributed by atoms with Crippen molar-refractivity contribution in [3.05, 3.63) is 23.8 Å². The van der Waals surface area contributed by atoms with Gasteiger partial charge >= 0.3 is 12.0 Å². The van der Waals surface area contributed by atoms with Crippen LogP contribution in [-0.4, -0.2) is 44.0 Å². The number of aryl methyl sites for hydroxylation is 1. The summed E-state index contributed by atoms with van der Waals surface area (Å²) in [5, 5.41) is 13.8. The molecule has 7 nitrogen and oxygen atoms in total. The number of hydrogen-bond donors (Lipinski definition) is 3. The van der Waals surface area contributed by atoms with Gasteiger partial charge in [0.25, 0.3) is 0 Å². The summed E-state index contributed by atoms with van der Waals surface area (Å²) in [6.07, 6.45) is -1.07. The first-order chi connectivity index (χ1) is 9.47. The van der Waals surface area contributed by atoms with Crippen LogP contribution in [0.5, 0.6) is 5.75 Å². The predicted octanol–water partition coefficient (Wildman–Crippen LogP) is 1.22. The van der Waals surface area contributed by atoms with Crippen molar-refractivity contribution in [2.24, 2.45) is 0 Å². The molecule has 110 valence electrons. The van der Waals surface area contributed by atoms with E-state index in [2.05, 4.69) is 10.6 Å². The van der Waals surface area contributed by atoms with Crippen molar-refractivity contribution >= 4 is 17.7 Å². The largest absolute Gasteiger partial charge is 0.497 e. The summed E-state index contributed by atoms with van der Waals surface area (Å²) in [6, 6.07) is 4.71. The first-order valence-electron chi connectivity index (χ1n) is 5.93. The van der Waals surface area contributed by atoms with Gasteiger partial charge in [-0.05, 0) is 30.7 Å². The van der Waals surface area contributed by atoms with Crippen molar-refractivity contribution in [1.29, 1.82) is 0 Å². The SMILES string of the molecule is COc1ccc(NC(=O)NCC(OC)C(=O)O)c(C)c1. The Morgan fingerprint density at radius 3 is 2.55 bits per heavy atom. The lowest BCUT2D eigenvalue weighted by Gasteiger charge is -2.13. The third-order valence-corrected chi connectivity index (χ3v) is 2.69. The Bertz CT molecular complexity index is 490. The highest BCUT2D eigenvalue weighted by molar-refractivity contribution is 5.90. The Kier molecular flexibility index (Phi) is 5.79. The topological polar surface area (TPSA) is 96.9 Å². The van der Waals surface area contributed by atoms with Gasteiger partial charge in [0.1, 0.15) is 5.75 Å². The van der Waals surface area contributed by atoms with Gasteiger partial charge < -0.3 is 25.2 Å². The fourth-order valence-corrected chi connectivity index (χ4v) is 1.53. The number of carbonyl (C=O) groups excluding carboxylic acids is 1. The van der Waals surface area contributed by atoms with Crippen molar-refractivity contribution < 1.29 is 24.2 Å². The van der Waals surface area contributed by atoms with E-state index in [0.717, 1.165) is 5.56 Å². The Morgan fingerprint density at radius 2 is 2.05 bits per heavy atom. The molecule has 1 rings (SSSR count). The lowest BCUT2D eigenvalue weighted by molar-refractivity contribution is -0.147. The van der Waals surface area contributed by atoms with Crippen molar-refractivity contribution in [3.63, 3.8) is 0 Å². The van der Waals surface area contributed by atoms with E-state index in [1.165, 1.54) is 7.11 Å². The van der Waals surface area contributed by atoms with Gasteiger partial charge in [-0.3, -0.25) is 0 Å². The van der Waals surface area contributed by atoms with Crippen LogP contribution in [0.1, 0.15) is 5.56 Å². The van der Waals surface area contributed by atoms with Gasteiger partial charge in [0, 0.05) is 12.8 Å². The molecular weight excluding hydrogens is 264 g/mol. The van der Waals surface area contributed by atoms with Gasteiger partial charge in [-0.1, -0.05) is 0 Å². The molecule has 1 aromatic carbocycles. The van der Waals surface area contributed by atoms with Gasteiger partial charge in [-0.2, -0.15) is 0 Å². The van der Waals surface area contributed by atoms with Crippen molar-refractivity contribution in [2.75, 3.05) is 26.1 Å². The molecule has 1 atom stereocenters. The summed E-state index contributed by atoms with van der Waals surface area (Å²) >= 11 is 0. The fraction of sp³-hybridized carbons (Fsp3) is 0.385. The molecule has 0 spiro atoms. The van der Waals surface area contributed by atoms with Gasteiger partial charge in [0.05, 0.1) is 13.7 Å². The van der Waals surface area contributed by atoms with Crippen LogP contribution in [0, 0.1) is 6.92 Å². The molecule has 2 amide bonds. The molecule has 0 aromatic heterocycles. The number of carbonyl (C=O) groups is 2. The third-order valence-electron chi connectivity index (χ3n) is 2.69. The molecule has 3 N–H and O–H groups in total. The molecule has 0 fully saturated rings. The Hall–Kier alpha value is -2.28. The second-order valence-corrected chi connectivity index (χ2v) is 4.08. The van der Waals surface area contributed by atoms with Crippen LogP contribution in [-0.2, 0) is 9.53 Å². The van der Waals surface area contributed by atoms with E-state index in [0.29, 0.717) is 11.4 Å². The smallest absolute Gasteiger partial charge is 0.334 e. The van der Waals surface area contributed by atoms with Crippen molar-refractivity contribution in [2.45, 2.75) is 13.0 Å². The van der Waals surface area contributed by atoms with Crippen LogP contribution in [0.15, 0.2) is 18.2 Å². The van der Waals surface area contributed by atoms with E-state index in [1.54, 1.807) is 25.3 Å². The van der Waals surface area contributed by atoms with Gasteiger partial charge in [-0.25, -0.2) is 9.59 Å². The van der Waals surface area contributed by atoms with Crippen LogP contribution in [0.2, 0.25) is 0 Å². The Morgan fingerprint density at radius 1 is 1.35 bits per heavy atom. The van der Waals surface area contributed by atoms with Crippen molar-refractivity contribution in [1.82, 2.24) is 5.32 Å². The quantitative estimate of drug-likeness (QED) is 0.729. The zero-order chi connectivity index (χ0) is 15.1. The molecular formula is C13H18N2O5. The number of urea groups is 1. The maximum atomic E-state index is 11.7. The van der Waals surface area contributed by atoms with E-state index in [1.807, 2.05) is 6.92 Å². The maximum absolute atomic E-state index is 11.7. The molecule has 1 unspecified atom stereocenters. The summed E-state index contributed by atoms with van der Waals surface area (Å²) in [7, 11) is 2.83. The number of amides is 2. The number of carboxylic acids is 1. The average Bonchev–Trinajstić information content (AvgIpc) is 2.41. The molecule has 0 aliphatic heterocycles. The predicted molar refractivity (Wildman–Crippen MR) is 73.2 cm³/mol. The summed E-state index contributed by atoms with van der Waals surface area (Å²) in [4.78, 5) is 22.4. The minimum Gasteiger partial charge on any atom is -0.497 e. The number of ether oxygens (including phenoxy) is 2. The van der Waals surface area contributed by atoms with Crippen LogP contribution < -0.4 is 15.4 Å². The first-order valence-corrected chi connectivity index (χ1v) is 5.93. The number of anilines is 1. The highest BCUT2D eigenvalue weighted by Gasteiger charge is 2.17. The molecule has 0 saturated heterocycles. The normalized spacial score (nSPS) is 11.6. The Labute approximate surface area is 116 Å². The molecule has 0 aliphatic carbocycles. The monoisotopic (exact) mass is 282 g/mol. The first kappa shape index (κ1) is 15.8. The standard InChI is InChI=1S/C13H18N2O5/c1-8-6-9(19-2)4-5-10(8)15-13(18)14-7-11(20-3)12(16)17/h4-6,11H,7H2,1-3H3,(H,16,17)(H2,14,15,18). The van der Waals surface area contributed by atoms with Crippen LogP contribution >= 0.6 is 0 Å². The zero-order valence-corrected chi connectivity index (χ0v) is 11.6. The second-order valence-electron chi connectivity index (χ2n) is 4.08. The number of hydrogen-bond acceptors (Lipinski definition) is 4. The summed E-state index contributed by atoms with van der Waals surface area (Å²) in [6.45, 7) is 1.71. The third kappa shape index (κ3) is 4.43. The average molecular weight is 282 g/mol. The van der Waals surface area contributed by atoms with Crippen LogP contribution in [0.25, 0.3) is 0 Å². The van der Waals surface area contributed by atoms with Crippen LogP contribution in [0.3, 0.4) is 0 Å². The fourth-order valence-electron chi connectivity index (χ4n) is 1.53. The molecule has 0 saturated carbocycles. The number of benzene rings is 1. The number of rotatable bonds is 6. The van der Waals surface area contributed by atoms with Gasteiger partial charge in [0.2, 0.25) is 0 Å². The summed E-state index contributed by atoms with van der Waals surface area (Å²) < 4.78 is 9.77. The van der Waals surface area contributed by atoms with Crippen molar-refractivity contribution in [3.8, 4) is 5.75 Å². The lowest BCUT2D eigenvalue weighted by Crippen LogP contribution is -2.39. The molecule has 20 heavy (non-hydrogen) atoms. The minimum absolute atomic E-state index is 0.118. The highest BCUT2D eigenvalue weighted by Crippen LogP contribution is 2.20. The highest BCUT2D eigenvalue weighted by atomic mass is 16.5. The van der Waals surface area contributed by atoms with E-state index in [-0.39, 0.29) is 6.54 Å². The molecule has 0 aliphatic rings. The number of nitrogens with one attached hydrogen (secondary N) is 2. The zero-order valence-electron chi connectivity index (χ0n) is 11.6. The Balaban J connectivity index is 2.56. The second kappa shape index (κ2) is 7.34. The van der Waals surface area contributed by atoms with Gasteiger partial charge in [0.15, 0.2) is 6.10 Å². The summed E-state index contributed by atoms with van der Waals surface area (Å²) in [5.41, 5.74) is 1.45. The van der Waals surface area contributed by atoms with E-state index >= 15 is 0 Å². The van der Waals surface area contributed by atoms with E-state index < -0.39 is 18.1 Å². The molecule has 0 bridgehead atoms. The van der Waals surface area contributed by atoms with Crippen LogP contribution in [0.4, 0.5) is 10.5 Å². The molecule has 0 heterocycles. The molecule has 1 aromatic rings. The van der Waals surface area contributed by atoms with Gasteiger partial charge in [-0.15, -0.1) is 0 Å². The minimum atomic E-state index is -1.13. The lowest BCUT2D eigenvalue weighted by atomic mass is 10.2.